The zero-order chi connectivity index (χ0) is 18.1. The lowest BCUT2D eigenvalue weighted by Crippen LogP contribution is -2.17. The van der Waals surface area contributed by atoms with Gasteiger partial charge in [-0.15, -0.1) is 6.58 Å². The van der Waals surface area contributed by atoms with Gasteiger partial charge in [0.25, 0.3) is 20.2 Å². The lowest BCUT2D eigenvalue weighted by Gasteiger charge is -2.09. The normalized spacial score (nSPS) is 14.0. The monoisotopic (exact) mass is 374 g/mol. The highest BCUT2D eigenvalue weighted by atomic mass is 32.2. The van der Waals surface area contributed by atoms with Crippen LogP contribution in [0.1, 0.15) is 24.7 Å². The molecule has 1 aromatic heterocycles. The fourth-order valence-corrected chi connectivity index (χ4v) is 3.26. The van der Waals surface area contributed by atoms with Gasteiger partial charge in [-0.3, -0.25) is 9.11 Å². The molecule has 2 aromatic rings. The molecular formula is C14H18N2O6S2. The maximum atomic E-state index is 11.4. The van der Waals surface area contributed by atoms with Crippen molar-refractivity contribution >= 4 is 31.3 Å². The largest absolute Gasteiger partial charge is 0.341 e. The van der Waals surface area contributed by atoms with Gasteiger partial charge in [-0.05, 0) is 37.5 Å². The van der Waals surface area contributed by atoms with Gasteiger partial charge in [0, 0.05) is 6.42 Å². The first-order chi connectivity index (χ1) is 11.0. The summed E-state index contributed by atoms with van der Waals surface area (Å²) in [6.07, 6.45) is 2.33. The molecular weight excluding hydrogens is 356 g/mol. The molecule has 0 aliphatic carbocycles. The molecule has 0 bridgehead atoms. The minimum absolute atomic E-state index is 0.0820. The van der Waals surface area contributed by atoms with Crippen LogP contribution in [0.4, 0.5) is 0 Å². The lowest BCUT2D eigenvalue weighted by atomic mass is 10.1. The van der Waals surface area contributed by atoms with E-state index in [1.807, 2.05) is 0 Å². The third kappa shape index (κ3) is 4.20. The molecule has 0 spiro atoms. The summed E-state index contributed by atoms with van der Waals surface area (Å²) in [5.41, 5.74) is 1.39. The van der Waals surface area contributed by atoms with Crippen molar-refractivity contribution in [1.29, 1.82) is 0 Å². The van der Waals surface area contributed by atoms with Gasteiger partial charge < -0.3 is 4.98 Å². The molecule has 1 unspecified atom stereocenters. The van der Waals surface area contributed by atoms with Crippen LogP contribution in [-0.2, 0) is 33.1 Å². The number of fused-ring (bicyclic) bond motifs is 1. The van der Waals surface area contributed by atoms with Crippen LogP contribution in [0, 0.1) is 0 Å². The Hall–Kier alpha value is -1.75. The third-order valence-corrected chi connectivity index (χ3v) is 5.75. The number of imidazole rings is 1. The molecule has 0 aliphatic heterocycles. The van der Waals surface area contributed by atoms with E-state index < -0.39 is 25.5 Å². The minimum atomic E-state index is -4.43. The van der Waals surface area contributed by atoms with Crippen LogP contribution in [-0.4, -0.2) is 41.2 Å². The fraction of sp³-hybridized carbons (Fsp3) is 0.357. The smallest absolute Gasteiger partial charge is 0.294 e. The molecule has 2 rings (SSSR count). The molecule has 1 heterocycles. The van der Waals surface area contributed by atoms with Crippen molar-refractivity contribution in [3.8, 4) is 0 Å². The van der Waals surface area contributed by atoms with Gasteiger partial charge in [0.05, 0.1) is 21.2 Å². The number of aromatic nitrogens is 2. The number of allylic oxidation sites excluding steroid dienone is 1. The number of aromatic amines is 1. The summed E-state index contributed by atoms with van der Waals surface area (Å²) < 4.78 is 63.4. The van der Waals surface area contributed by atoms with Gasteiger partial charge in [-0.1, -0.05) is 6.08 Å². The average Bonchev–Trinajstić information content (AvgIpc) is 2.85. The van der Waals surface area contributed by atoms with Gasteiger partial charge in [-0.25, -0.2) is 4.98 Å². The Labute approximate surface area is 140 Å². The van der Waals surface area contributed by atoms with Crippen molar-refractivity contribution in [1.82, 2.24) is 9.97 Å². The summed E-state index contributed by atoms with van der Waals surface area (Å²) in [5, 5.41) is -1.00. The maximum absolute atomic E-state index is 11.4. The van der Waals surface area contributed by atoms with E-state index in [-0.39, 0.29) is 17.7 Å². The van der Waals surface area contributed by atoms with Crippen LogP contribution < -0.4 is 0 Å². The van der Waals surface area contributed by atoms with Crippen molar-refractivity contribution in [3.63, 3.8) is 0 Å². The SMILES string of the molecule is C=CCc1nc2cc(S(=O)(=O)O)cc(CCC(C)S(=O)(=O)O)c2[nH]1. The Morgan fingerprint density at radius 2 is 1.96 bits per heavy atom. The molecule has 0 saturated heterocycles. The molecule has 1 atom stereocenters. The quantitative estimate of drug-likeness (QED) is 0.496. The van der Waals surface area contributed by atoms with E-state index in [0.717, 1.165) is 0 Å². The van der Waals surface area contributed by atoms with E-state index in [2.05, 4.69) is 16.5 Å². The van der Waals surface area contributed by atoms with Crippen molar-refractivity contribution < 1.29 is 25.9 Å². The number of hydrogen-bond donors (Lipinski definition) is 3. The molecule has 24 heavy (non-hydrogen) atoms. The van der Waals surface area contributed by atoms with Crippen molar-refractivity contribution in [2.45, 2.75) is 36.3 Å². The Balaban J connectivity index is 2.50. The molecule has 0 amide bonds. The van der Waals surface area contributed by atoms with Crippen molar-refractivity contribution in [3.05, 3.63) is 36.2 Å². The van der Waals surface area contributed by atoms with E-state index in [4.69, 9.17) is 4.55 Å². The molecule has 1 aromatic carbocycles. The van der Waals surface area contributed by atoms with E-state index >= 15 is 0 Å². The number of hydrogen-bond acceptors (Lipinski definition) is 5. The van der Waals surface area contributed by atoms with Crippen LogP contribution in [0.5, 0.6) is 0 Å². The minimum Gasteiger partial charge on any atom is -0.341 e. The second-order valence-electron chi connectivity index (χ2n) is 5.49. The predicted octanol–water partition coefficient (Wildman–Crippen LogP) is 1.75. The molecule has 10 heteroatoms. The van der Waals surface area contributed by atoms with Gasteiger partial charge in [0.2, 0.25) is 0 Å². The number of nitrogens with one attached hydrogen (secondary N) is 1. The summed E-state index contributed by atoms with van der Waals surface area (Å²) in [5.74, 6) is 0.566. The topological polar surface area (TPSA) is 137 Å². The number of H-pyrrole nitrogens is 1. The van der Waals surface area contributed by atoms with Crippen LogP contribution in [0.2, 0.25) is 0 Å². The molecule has 0 saturated carbocycles. The Kier molecular flexibility index (Phi) is 5.14. The number of nitrogens with zero attached hydrogens (tertiary/aromatic N) is 1. The molecule has 8 nitrogen and oxygen atoms in total. The second kappa shape index (κ2) is 6.63. The van der Waals surface area contributed by atoms with E-state index in [9.17, 15) is 21.4 Å². The molecule has 0 radical (unpaired) electrons. The number of benzene rings is 1. The third-order valence-electron chi connectivity index (χ3n) is 3.66. The van der Waals surface area contributed by atoms with Crippen LogP contribution in [0.25, 0.3) is 11.0 Å². The predicted molar refractivity (Wildman–Crippen MR) is 89.1 cm³/mol. The Morgan fingerprint density at radius 3 is 2.50 bits per heavy atom. The van der Waals surface area contributed by atoms with Crippen LogP contribution >= 0.6 is 0 Å². The van der Waals surface area contributed by atoms with Crippen LogP contribution in [0.15, 0.2) is 29.7 Å². The van der Waals surface area contributed by atoms with E-state index in [1.54, 1.807) is 6.08 Å². The standard InChI is InChI=1S/C14H18N2O6S2/c1-3-4-13-15-12-8-11(24(20,21)22)7-10(14(12)16-13)6-5-9(2)23(17,18)19/h3,7-9H,1,4-6H2,2H3,(H,15,16)(H,17,18,19)(H,20,21,22). The van der Waals surface area contributed by atoms with Crippen LogP contribution in [0.3, 0.4) is 0 Å². The summed E-state index contributed by atoms with van der Waals surface area (Å²) in [4.78, 5) is 6.96. The van der Waals surface area contributed by atoms with E-state index in [1.165, 1.54) is 19.1 Å². The van der Waals surface area contributed by atoms with Gasteiger partial charge in [0.1, 0.15) is 5.82 Å². The summed E-state index contributed by atoms with van der Waals surface area (Å²) in [7, 11) is -8.60. The highest BCUT2D eigenvalue weighted by molar-refractivity contribution is 7.86. The van der Waals surface area contributed by atoms with Crippen molar-refractivity contribution in [2.24, 2.45) is 0 Å². The summed E-state index contributed by atoms with van der Waals surface area (Å²) in [6, 6.07) is 2.51. The fourth-order valence-electron chi connectivity index (χ4n) is 2.29. The second-order valence-corrected chi connectivity index (χ2v) is 8.75. The van der Waals surface area contributed by atoms with Gasteiger partial charge in [-0.2, -0.15) is 16.8 Å². The highest BCUT2D eigenvalue weighted by Gasteiger charge is 2.20. The molecule has 3 N–H and O–H groups in total. The average molecular weight is 374 g/mol. The Bertz CT molecular complexity index is 976. The zero-order valence-electron chi connectivity index (χ0n) is 12.9. The maximum Gasteiger partial charge on any atom is 0.294 e. The first kappa shape index (κ1) is 18.6. The molecule has 0 fully saturated rings. The van der Waals surface area contributed by atoms with Crippen molar-refractivity contribution in [2.75, 3.05) is 0 Å². The highest BCUT2D eigenvalue weighted by Crippen LogP contribution is 2.24. The summed E-state index contributed by atoms with van der Waals surface area (Å²) in [6.45, 7) is 4.96. The summed E-state index contributed by atoms with van der Waals surface area (Å²) >= 11 is 0. The zero-order valence-corrected chi connectivity index (χ0v) is 14.6. The molecule has 132 valence electrons. The number of aryl methyl sites for hydroxylation is 1. The molecule has 0 aliphatic rings. The van der Waals surface area contributed by atoms with E-state index in [0.29, 0.717) is 28.8 Å². The van der Waals surface area contributed by atoms with Gasteiger partial charge >= 0.3 is 0 Å². The Morgan fingerprint density at radius 1 is 1.29 bits per heavy atom. The first-order valence-electron chi connectivity index (χ1n) is 7.08. The van der Waals surface area contributed by atoms with Gasteiger partial charge in [0.15, 0.2) is 0 Å². The number of rotatable bonds is 7. The first-order valence-corrected chi connectivity index (χ1v) is 10.0. The lowest BCUT2D eigenvalue weighted by molar-refractivity contribution is 0.465.